The van der Waals surface area contributed by atoms with Crippen molar-refractivity contribution >= 4 is 34.6 Å². The molecule has 2 N–H and O–H groups in total. The topological polar surface area (TPSA) is 59.2 Å². The van der Waals surface area contributed by atoms with Crippen molar-refractivity contribution < 1.29 is 18.3 Å². The van der Waals surface area contributed by atoms with Crippen molar-refractivity contribution in [2.45, 2.75) is 0 Å². The third-order valence-electron chi connectivity index (χ3n) is 3.42. The summed E-state index contributed by atoms with van der Waals surface area (Å²) < 4.78 is 37.2. The maximum atomic E-state index is 13.4. The summed E-state index contributed by atoms with van der Waals surface area (Å²) in [5.41, 5.74) is 1.01. The van der Waals surface area contributed by atoms with Crippen LogP contribution in [0.3, 0.4) is 0 Å². The van der Waals surface area contributed by atoms with Gasteiger partial charge in [-0.1, -0.05) is 0 Å². The molecule has 0 saturated carbocycles. The second-order valence-electron chi connectivity index (χ2n) is 4.90. The van der Waals surface area contributed by atoms with Crippen molar-refractivity contribution in [2.24, 2.45) is 0 Å². The number of fused-ring (bicyclic) bond motifs is 1. The fourth-order valence-electron chi connectivity index (χ4n) is 2.29. The Morgan fingerprint density at radius 2 is 1.75 bits per heavy atom. The van der Waals surface area contributed by atoms with Gasteiger partial charge >= 0.3 is 0 Å². The standard InChI is InChI=1S/C16H13F2N3O2S/c1-22-13-6-9-12(7-14(13)23-2)20-16(24)21-15(9)19-8-3-4-10(17)11(18)5-8/h3-7H,1-2H3,(H2,19,20,21,24). The first-order valence-electron chi connectivity index (χ1n) is 6.90. The number of hydrogen-bond donors (Lipinski definition) is 2. The van der Waals surface area contributed by atoms with Gasteiger partial charge in [-0.2, -0.15) is 0 Å². The van der Waals surface area contributed by atoms with Crippen molar-refractivity contribution in [2.75, 3.05) is 19.5 Å². The lowest BCUT2D eigenvalue weighted by Gasteiger charge is -2.13. The van der Waals surface area contributed by atoms with Crippen LogP contribution in [0.25, 0.3) is 10.9 Å². The average Bonchev–Trinajstić information content (AvgIpc) is 2.57. The molecule has 124 valence electrons. The van der Waals surface area contributed by atoms with Crippen LogP contribution < -0.4 is 14.8 Å². The van der Waals surface area contributed by atoms with Crippen molar-refractivity contribution in [3.05, 3.63) is 46.7 Å². The minimum absolute atomic E-state index is 0.236. The van der Waals surface area contributed by atoms with Crippen molar-refractivity contribution in [3.63, 3.8) is 0 Å². The van der Waals surface area contributed by atoms with Crippen molar-refractivity contribution in [1.29, 1.82) is 0 Å². The van der Waals surface area contributed by atoms with E-state index in [1.807, 2.05) is 0 Å². The largest absolute Gasteiger partial charge is 0.493 e. The Labute approximate surface area is 141 Å². The molecule has 0 bridgehead atoms. The molecule has 0 fully saturated rings. The van der Waals surface area contributed by atoms with Gasteiger partial charge in [0.25, 0.3) is 0 Å². The zero-order chi connectivity index (χ0) is 17.3. The second-order valence-corrected chi connectivity index (χ2v) is 5.28. The number of aromatic amines is 1. The van der Waals surface area contributed by atoms with E-state index in [9.17, 15) is 8.78 Å². The lowest BCUT2D eigenvalue weighted by atomic mass is 10.2. The van der Waals surface area contributed by atoms with Crippen LogP contribution in [0.1, 0.15) is 0 Å². The molecule has 3 aromatic rings. The van der Waals surface area contributed by atoms with E-state index in [4.69, 9.17) is 21.7 Å². The number of nitrogens with one attached hydrogen (secondary N) is 2. The first-order chi connectivity index (χ1) is 11.5. The van der Waals surface area contributed by atoms with Gasteiger partial charge in [-0.05, 0) is 30.4 Å². The zero-order valence-corrected chi connectivity index (χ0v) is 13.6. The molecule has 0 aliphatic carbocycles. The summed E-state index contributed by atoms with van der Waals surface area (Å²) in [6, 6.07) is 6.93. The Morgan fingerprint density at radius 3 is 2.42 bits per heavy atom. The maximum Gasteiger partial charge on any atom is 0.199 e. The van der Waals surface area contributed by atoms with Gasteiger partial charge in [0.05, 0.1) is 19.7 Å². The quantitative estimate of drug-likeness (QED) is 0.687. The molecule has 24 heavy (non-hydrogen) atoms. The first-order valence-corrected chi connectivity index (χ1v) is 7.31. The SMILES string of the molecule is COc1cc2[nH]c(=S)nc(Nc3ccc(F)c(F)c3)c2cc1OC. The first kappa shape index (κ1) is 16.1. The molecule has 1 heterocycles. The Bertz CT molecular complexity index is 975. The predicted octanol–water partition coefficient (Wildman–Crippen LogP) is 4.33. The van der Waals surface area contributed by atoms with Crippen LogP contribution in [0.15, 0.2) is 30.3 Å². The minimum Gasteiger partial charge on any atom is -0.493 e. The number of rotatable bonds is 4. The number of nitrogens with zero attached hydrogens (tertiary/aromatic N) is 1. The van der Waals surface area contributed by atoms with Crippen LogP contribution in [-0.4, -0.2) is 24.2 Å². The highest BCUT2D eigenvalue weighted by atomic mass is 32.1. The molecule has 0 aliphatic heterocycles. The van der Waals surface area contributed by atoms with Crippen LogP contribution in [-0.2, 0) is 0 Å². The smallest absolute Gasteiger partial charge is 0.199 e. The molecule has 8 heteroatoms. The van der Waals surface area contributed by atoms with Gasteiger partial charge in [0.15, 0.2) is 27.9 Å². The van der Waals surface area contributed by atoms with E-state index in [0.29, 0.717) is 33.9 Å². The van der Waals surface area contributed by atoms with Gasteiger partial charge in [-0.15, -0.1) is 0 Å². The lowest BCUT2D eigenvalue weighted by Crippen LogP contribution is -1.99. The molecule has 0 unspecified atom stereocenters. The van der Waals surface area contributed by atoms with E-state index in [2.05, 4.69) is 15.3 Å². The van der Waals surface area contributed by atoms with E-state index in [1.165, 1.54) is 20.3 Å². The number of methoxy groups -OCH3 is 2. The van der Waals surface area contributed by atoms with Crippen LogP contribution in [0.5, 0.6) is 11.5 Å². The van der Waals surface area contributed by atoms with Crippen LogP contribution in [0.4, 0.5) is 20.3 Å². The summed E-state index contributed by atoms with van der Waals surface area (Å²) >= 11 is 5.12. The third-order valence-corrected chi connectivity index (χ3v) is 3.61. The van der Waals surface area contributed by atoms with Crippen molar-refractivity contribution in [3.8, 4) is 11.5 Å². The lowest BCUT2D eigenvalue weighted by molar-refractivity contribution is 0.356. The van der Waals surface area contributed by atoms with Gasteiger partial charge < -0.3 is 19.8 Å². The van der Waals surface area contributed by atoms with E-state index >= 15 is 0 Å². The number of ether oxygens (including phenoxy) is 2. The Hall–Kier alpha value is -2.74. The van der Waals surface area contributed by atoms with E-state index in [1.54, 1.807) is 12.1 Å². The fourth-order valence-corrected chi connectivity index (χ4v) is 2.49. The van der Waals surface area contributed by atoms with Gasteiger partial charge in [0.1, 0.15) is 5.82 Å². The normalized spacial score (nSPS) is 10.7. The van der Waals surface area contributed by atoms with E-state index in [0.717, 1.165) is 12.1 Å². The summed E-state index contributed by atoms with van der Waals surface area (Å²) in [5, 5.41) is 3.60. The summed E-state index contributed by atoms with van der Waals surface area (Å²) in [4.78, 5) is 7.17. The number of hydrogen-bond acceptors (Lipinski definition) is 5. The zero-order valence-electron chi connectivity index (χ0n) is 12.8. The molecule has 5 nitrogen and oxygen atoms in total. The van der Waals surface area contributed by atoms with E-state index < -0.39 is 11.6 Å². The molecule has 0 aliphatic rings. The third kappa shape index (κ3) is 3.00. The van der Waals surface area contributed by atoms with E-state index in [-0.39, 0.29) is 4.77 Å². The Morgan fingerprint density at radius 1 is 1.04 bits per heavy atom. The van der Waals surface area contributed by atoms with Crippen LogP contribution >= 0.6 is 12.2 Å². The van der Waals surface area contributed by atoms with Gasteiger partial charge in [-0.25, -0.2) is 13.8 Å². The van der Waals surface area contributed by atoms with Crippen LogP contribution in [0, 0.1) is 16.4 Å². The maximum absolute atomic E-state index is 13.4. The molecule has 0 spiro atoms. The number of halogens is 2. The molecular formula is C16H13F2N3O2S. The molecule has 0 amide bonds. The number of H-pyrrole nitrogens is 1. The summed E-state index contributed by atoms with van der Waals surface area (Å²) in [5.74, 6) is -0.452. The highest BCUT2D eigenvalue weighted by Crippen LogP contribution is 2.34. The molecule has 1 aromatic heterocycles. The molecular weight excluding hydrogens is 336 g/mol. The minimum atomic E-state index is -0.954. The van der Waals surface area contributed by atoms with Crippen LogP contribution in [0.2, 0.25) is 0 Å². The molecule has 0 atom stereocenters. The average molecular weight is 349 g/mol. The molecule has 0 saturated heterocycles. The monoisotopic (exact) mass is 349 g/mol. The van der Waals surface area contributed by atoms with Gasteiger partial charge in [-0.3, -0.25) is 0 Å². The summed E-state index contributed by atoms with van der Waals surface area (Å²) in [7, 11) is 3.05. The number of benzene rings is 2. The molecule has 0 radical (unpaired) electrons. The number of aromatic nitrogens is 2. The highest BCUT2D eigenvalue weighted by Gasteiger charge is 2.12. The van der Waals surface area contributed by atoms with Crippen molar-refractivity contribution in [1.82, 2.24) is 9.97 Å². The Kier molecular flexibility index (Phi) is 4.30. The summed E-state index contributed by atoms with van der Waals surface area (Å²) in [6.45, 7) is 0. The summed E-state index contributed by atoms with van der Waals surface area (Å²) in [6.07, 6.45) is 0. The fraction of sp³-hybridized carbons (Fsp3) is 0.125. The molecule has 2 aromatic carbocycles. The van der Waals surface area contributed by atoms with Gasteiger partial charge in [0, 0.05) is 23.2 Å². The second kappa shape index (κ2) is 6.40. The Balaban J connectivity index is 2.15. The molecule has 3 rings (SSSR count). The van der Waals surface area contributed by atoms with Gasteiger partial charge in [0.2, 0.25) is 0 Å². The predicted molar refractivity (Wildman–Crippen MR) is 89.7 cm³/mol. The number of anilines is 2. The highest BCUT2D eigenvalue weighted by molar-refractivity contribution is 7.71.